The Kier molecular flexibility index (Phi) is 7.69. The second-order valence-corrected chi connectivity index (χ2v) is 8.27. The van der Waals surface area contributed by atoms with Gasteiger partial charge in [0.15, 0.2) is 0 Å². The summed E-state index contributed by atoms with van der Waals surface area (Å²) in [5.74, 6) is 0.269. The summed E-state index contributed by atoms with van der Waals surface area (Å²) in [7, 11) is -1.64. The van der Waals surface area contributed by atoms with Gasteiger partial charge < -0.3 is 10.6 Å². The van der Waals surface area contributed by atoms with Crippen LogP contribution in [0, 0.1) is 5.92 Å². The molecule has 0 fully saturated rings. The molecule has 0 aliphatic carbocycles. The number of rotatable bonds is 9. The Bertz CT molecular complexity index is 644. The highest BCUT2D eigenvalue weighted by Crippen LogP contribution is 2.15. The maximum absolute atomic E-state index is 12.5. The van der Waals surface area contributed by atoms with Crippen LogP contribution in [0.1, 0.15) is 44.0 Å². The van der Waals surface area contributed by atoms with Crippen LogP contribution in [0.25, 0.3) is 0 Å². The lowest BCUT2D eigenvalue weighted by atomic mass is 10.0. The van der Waals surface area contributed by atoms with Crippen LogP contribution in [0.5, 0.6) is 0 Å². The van der Waals surface area contributed by atoms with E-state index in [2.05, 4.69) is 18.6 Å². The Labute approximate surface area is 145 Å². The molecule has 1 rings (SSSR count). The molecule has 1 unspecified atom stereocenters. The van der Waals surface area contributed by atoms with Crippen LogP contribution in [0.15, 0.2) is 24.3 Å². The molecular formula is C17H29N3O3S. The minimum absolute atomic E-state index is 0.0486. The molecule has 1 aromatic carbocycles. The molecule has 0 spiro atoms. The van der Waals surface area contributed by atoms with Gasteiger partial charge in [0.2, 0.25) is 10.0 Å². The monoisotopic (exact) mass is 355 g/mol. The van der Waals surface area contributed by atoms with Crippen LogP contribution in [-0.2, 0) is 10.0 Å². The van der Waals surface area contributed by atoms with Crippen molar-refractivity contribution in [3.05, 3.63) is 29.8 Å². The van der Waals surface area contributed by atoms with Crippen molar-refractivity contribution in [2.45, 2.75) is 39.7 Å². The van der Waals surface area contributed by atoms with Crippen LogP contribution in [-0.4, -0.2) is 44.6 Å². The first-order valence-electron chi connectivity index (χ1n) is 8.28. The average Bonchev–Trinajstić information content (AvgIpc) is 2.50. The number of sulfonamides is 1. The van der Waals surface area contributed by atoms with Crippen LogP contribution in [0.2, 0.25) is 0 Å². The Morgan fingerprint density at radius 1 is 1.33 bits per heavy atom. The zero-order chi connectivity index (χ0) is 18.3. The number of benzene rings is 1. The Morgan fingerprint density at radius 3 is 2.58 bits per heavy atom. The van der Waals surface area contributed by atoms with E-state index in [9.17, 15) is 13.2 Å². The lowest BCUT2D eigenvalue weighted by Gasteiger charge is -2.22. The summed E-state index contributed by atoms with van der Waals surface area (Å²) in [6.07, 6.45) is 1.26. The maximum atomic E-state index is 12.5. The number of nitrogens with two attached hydrogens (primary N) is 1. The van der Waals surface area contributed by atoms with Gasteiger partial charge in [-0.15, -0.1) is 0 Å². The molecule has 0 bridgehead atoms. The summed E-state index contributed by atoms with van der Waals surface area (Å²) in [6.45, 7) is 6.47. The van der Waals surface area contributed by atoms with Gasteiger partial charge in [0.1, 0.15) is 0 Å². The van der Waals surface area contributed by atoms with Crippen LogP contribution in [0.3, 0.4) is 0 Å². The molecule has 0 saturated heterocycles. The minimum Gasteiger partial charge on any atom is -0.342 e. The number of carbonyl (C=O) groups excluding carboxylic acids is 1. The van der Waals surface area contributed by atoms with E-state index in [-0.39, 0.29) is 17.7 Å². The second-order valence-electron chi connectivity index (χ2n) is 6.42. The van der Waals surface area contributed by atoms with Crippen molar-refractivity contribution in [1.29, 1.82) is 0 Å². The molecule has 1 amide bonds. The molecule has 6 nitrogen and oxygen atoms in total. The first-order chi connectivity index (χ1) is 11.2. The first-order valence-corrected chi connectivity index (χ1v) is 9.93. The van der Waals surface area contributed by atoms with Crippen molar-refractivity contribution in [3.63, 3.8) is 0 Å². The fourth-order valence-electron chi connectivity index (χ4n) is 2.21. The smallest absolute Gasteiger partial charge is 0.253 e. The van der Waals surface area contributed by atoms with E-state index in [1.807, 2.05) is 0 Å². The predicted octanol–water partition coefficient (Wildman–Crippen LogP) is 2.28. The van der Waals surface area contributed by atoms with Gasteiger partial charge in [-0.1, -0.05) is 26.8 Å². The summed E-state index contributed by atoms with van der Waals surface area (Å²) in [4.78, 5) is 14.1. The van der Waals surface area contributed by atoms with Crippen molar-refractivity contribution in [3.8, 4) is 0 Å². The topological polar surface area (TPSA) is 92.5 Å². The van der Waals surface area contributed by atoms with Gasteiger partial charge in [-0.05, 0) is 37.0 Å². The quantitative estimate of drug-likeness (QED) is 0.711. The zero-order valence-corrected chi connectivity index (χ0v) is 15.8. The summed E-state index contributed by atoms with van der Waals surface area (Å²) < 4.78 is 26.2. The van der Waals surface area contributed by atoms with Crippen LogP contribution in [0.4, 0.5) is 5.69 Å². The lowest BCUT2D eigenvalue weighted by molar-refractivity contribution is 0.0789. The molecule has 7 heteroatoms. The fraction of sp³-hybridized carbons (Fsp3) is 0.588. The second kappa shape index (κ2) is 9.03. The van der Waals surface area contributed by atoms with Gasteiger partial charge in [-0.2, -0.15) is 0 Å². The first kappa shape index (κ1) is 20.4. The molecule has 0 heterocycles. The Hall–Kier alpha value is -1.60. The van der Waals surface area contributed by atoms with Crippen molar-refractivity contribution >= 4 is 21.6 Å². The predicted molar refractivity (Wildman–Crippen MR) is 98.5 cm³/mol. The number of amides is 1. The molecule has 1 aromatic rings. The summed E-state index contributed by atoms with van der Waals surface area (Å²) in [5, 5.41) is 0. The minimum atomic E-state index is -3.37. The normalized spacial score (nSPS) is 12.9. The molecule has 0 aromatic heterocycles. The van der Waals surface area contributed by atoms with Gasteiger partial charge in [0.25, 0.3) is 5.91 Å². The lowest BCUT2D eigenvalue weighted by Crippen LogP contribution is -2.34. The standard InChI is InChI=1S/C17H29N3O3S/c1-5-11-24(22,23)19-15-8-6-7-14(12-15)17(21)20(4)10-9-16(18)13(2)3/h6-8,12-13,16,19H,5,9-11,18H2,1-4H3. The van der Waals surface area contributed by atoms with Crippen molar-refractivity contribution in [2.75, 3.05) is 24.1 Å². The Balaban J connectivity index is 2.76. The maximum Gasteiger partial charge on any atom is 0.253 e. The third-order valence-corrected chi connectivity index (χ3v) is 5.35. The highest BCUT2D eigenvalue weighted by Gasteiger charge is 2.16. The van der Waals surface area contributed by atoms with E-state index < -0.39 is 10.0 Å². The number of nitrogens with one attached hydrogen (secondary N) is 1. The molecule has 0 aliphatic heterocycles. The van der Waals surface area contributed by atoms with Gasteiger partial charge in [0, 0.05) is 30.9 Å². The van der Waals surface area contributed by atoms with E-state index >= 15 is 0 Å². The van der Waals surface area contributed by atoms with E-state index in [1.54, 1.807) is 43.1 Å². The van der Waals surface area contributed by atoms with Gasteiger partial charge in [-0.3, -0.25) is 9.52 Å². The van der Waals surface area contributed by atoms with Gasteiger partial charge in [-0.25, -0.2) is 8.42 Å². The van der Waals surface area contributed by atoms with Crippen molar-refractivity contribution in [1.82, 2.24) is 4.90 Å². The molecular weight excluding hydrogens is 326 g/mol. The Morgan fingerprint density at radius 2 is 2.00 bits per heavy atom. The van der Waals surface area contributed by atoms with E-state index in [0.717, 1.165) is 6.42 Å². The largest absolute Gasteiger partial charge is 0.342 e. The van der Waals surface area contributed by atoms with E-state index in [1.165, 1.54) is 0 Å². The molecule has 0 aliphatic rings. The van der Waals surface area contributed by atoms with E-state index in [0.29, 0.717) is 30.1 Å². The SMILES string of the molecule is CCCS(=O)(=O)Nc1cccc(C(=O)N(C)CCC(N)C(C)C)c1. The number of hydrogen-bond donors (Lipinski definition) is 2. The number of anilines is 1. The van der Waals surface area contributed by atoms with Crippen LogP contribution < -0.4 is 10.5 Å². The molecule has 0 saturated carbocycles. The fourth-order valence-corrected chi connectivity index (χ4v) is 3.34. The summed E-state index contributed by atoms with van der Waals surface area (Å²) in [6, 6.07) is 6.60. The number of hydrogen-bond acceptors (Lipinski definition) is 4. The third-order valence-electron chi connectivity index (χ3n) is 3.86. The molecule has 136 valence electrons. The molecule has 24 heavy (non-hydrogen) atoms. The summed E-state index contributed by atoms with van der Waals surface area (Å²) >= 11 is 0. The highest BCUT2D eigenvalue weighted by molar-refractivity contribution is 7.92. The van der Waals surface area contributed by atoms with Crippen molar-refractivity contribution < 1.29 is 13.2 Å². The van der Waals surface area contributed by atoms with Gasteiger partial charge >= 0.3 is 0 Å². The summed E-state index contributed by atoms with van der Waals surface area (Å²) in [5.41, 5.74) is 6.87. The van der Waals surface area contributed by atoms with E-state index in [4.69, 9.17) is 5.73 Å². The van der Waals surface area contributed by atoms with Crippen LogP contribution >= 0.6 is 0 Å². The number of nitrogens with zero attached hydrogens (tertiary/aromatic N) is 1. The zero-order valence-electron chi connectivity index (χ0n) is 15.0. The number of carbonyl (C=O) groups is 1. The third kappa shape index (κ3) is 6.49. The molecule has 1 atom stereocenters. The van der Waals surface area contributed by atoms with Gasteiger partial charge in [0.05, 0.1) is 5.75 Å². The molecule has 0 radical (unpaired) electrons. The average molecular weight is 356 g/mol. The highest BCUT2D eigenvalue weighted by atomic mass is 32.2. The van der Waals surface area contributed by atoms with Crippen molar-refractivity contribution in [2.24, 2.45) is 11.7 Å². The molecule has 3 N–H and O–H groups in total.